The second-order valence-corrected chi connectivity index (χ2v) is 14.1. The van der Waals surface area contributed by atoms with Gasteiger partial charge in [-0.2, -0.15) is 0 Å². The van der Waals surface area contributed by atoms with E-state index in [0.717, 1.165) is 18.4 Å². The predicted octanol–water partition coefficient (Wildman–Crippen LogP) is 4.34. The van der Waals surface area contributed by atoms with Crippen LogP contribution >= 0.6 is 15.9 Å². The zero-order chi connectivity index (χ0) is 31.1. The van der Waals surface area contributed by atoms with E-state index < -0.39 is 54.3 Å². The Balaban J connectivity index is 1.68. The number of nitrogens with one attached hydrogen (secondary N) is 3. The fraction of sp³-hybridized carbons (Fsp3) is 0.143. The van der Waals surface area contributed by atoms with Gasteiger partial charge in [0, 0.05) is 38.3 Å². The Labute approximate surface area is 254 Å². The van der Waals surface area contributed by atoms with Crippen molar-refractivity contribution in [2.24, 2.45) is 0 Å². The highest BCUT2D eigenvalue weighted by Gasteiger charge is 2.34. The Kier molecular flexibility index (Phi) is 8.15. The number of fused-ring (bicyclic) bond motifs is 1. The smallest absolute Gasteiger partial charge is 0.281 e. The van der Waals surface area contributed by atoms with Crippen LogP contribution in [0.25, 0.3) is 10.9 Å². The van der Waals surface area contributed by atoms with E-state index in [2.05, 4.69) is 26.0 Å². The first-order valence-corrected chi connectivity index (χ1v) is 16.8. The minimum Gasteiger partial charge on any atom is -0.332 e. The lowest BCUT2D eigenvalue weighted by molar-refractivity contribution is -0.121. The summed E-state index contributed by atoms with van der Waals surface area (Å²) < 4.78 is 84.8. The number of benzene rings is 3. The number of hydrogen-bond acceptors (Lipinski definition) is 6. The van der Waals surface area contributed by atoms with E-state index in [-0.39, 0.29) is 35.5 Å². The van der Waals surface area contributed by atoms with Crippen LogP contribution in [0.2, 0.25) is 0 Å². The number of amides is 2. The monoisotopic (exact) mass is 692 g/mol. The number of allylic oxidation sites excluding steroid dienone is 1. The van der Waals surface area contributed by atoms with Gasteiger partial charge in [-0.25, -0.2) is 30.3 Å². The topological polar surface area (TPSA) is 143 Å². The Bertz CT molecular complexity index is 2050. The van der Waals surface area contributed by atoms with Crippen LogP contribution in [0, 0.1) is 11.6 Å². The normalized spacial score (nSPS) is 15.3. The van der Waals surface area contributed by atoms with Crippen molar-refractivity contribution in [1.29, 1.82) is 0 Å². The first-order chi connectivity index (χ1) is 20.2. The van der Waals surface area contributed by atoms with Crippen LogP contribution in [0.3, 0.4) is 0 Å². The summed E-state index contributed by atoms with van der Waals surface area (Å²) in [5.74, 6) is -4.15. The molecule has 224 valence electrons. The predicted molar refractivity (Wildman–Crippen MR) is 159 cm³/mol. The molecule has 3 aromatic carbocycles. The second-order valence-electron chi connectivity index (χ2n) is 9.78. The lowest BCUT2D eigenvalue weighted by Crippen LogP contribution is -2.35. The van der Waals surface area contributed by atoms with Crippen molar-refractivity contribution in [1.82, 2.24) is 14.6 Å². The summed E-state index contributed by atoms with van der Waals surface area (Å²) in [6.45, 7) is -0.301. The molecule has 0 spiro atoms. The molecule has 15 heteroatoms. The number of anilines is 1. The molecular formula is C28H23BrF2N4O6S2. The third kappa shape index (κ3) is 6.48. The lowest BCUT2D eigenvalue weighted by Gasteiger charge is -2.20. The number of carbonyl (C=O) groups excluding carboxylic acids is 2. The molecule has 0 saturated heterocycles. The minimum atomic E-state index is -4.59. The molecule has 1 atom stereocenters. The van der Waals surface area contributed by atoms with Crippen LogP contribution in [0.5, 0.6) is 0 Å². The largest absolute Gasteiger partial charge is 0.332 e. The van der Waals surface area contributed by atoms with Gasteiger partial charge in [0.1, 0.15) is 17.3 Å². The molecule has 0 aliphatic carbocycles. The Morgan fingerprint density at radius 2 is 1.84 bits per heavy atom. The second kappa shape index (κ2) is 11.5. The minimum absolute atomic E-state index is 0.0113. The van der Waals surface area contributed by atoms with Gasteiger partial charge in [-0.1, -0.05) is 34.1 Å². The van der Waals surface area contributed by atoms with Crippen molar-refractivity contribution in [3.05, 3.63) is 106 Å². The highest BCUT2D eigenvalue weighted by molar-refractivity contribution is 9.10. The SMILES string of the molecule is CS(=O)(=O)Nc1cccc(S(=O)(=O)NC(=O)c2c(C3CC=CNC3=O)c3cc(Br)ccc3n2Cc2ccc(F)cc2F)c1. The third-order valence-corrected chi connectivity index (χ3v) is 9.11. The van der Waals surface area contributed by atoms with E-state index in [1.54, 1.807) is 24.3 Å². The Morgan fingerprint density at radius 3 is 2.53 bits per heavy atom. The summed E-state index contributed by atoms with van der Waals surface area (Å²) in [6, 6.07) is 12.8. The summed E-state index contributed by atoms with van der Waals surface area (Å²) in [5, 5.41) is 3.04. The van der Waals surface area contributed by atoms with Crippen LogP contribution < -0.4 is 14.8 Å². The standard InChI is InChI=1S/C28H23BrF2N4O6S2/c1-42(38,39)33-19-4-2-5-20(14-19)43(40,41)34-28(37)26-25(21-6-3-11-32-27(21)36)22-12-17(29)8-10-24(22)35(26)15-16-7-9-18(30)13-23(16)31/h2-5,7-14,21,33H,6,15H2,1H3,(H,32,36)(H,34,37). The fourth-order valence-corrected chi connectivity index (χ4v) is 6.82. The summed E-state index contributed by atoms with van der Waals surface area (Å²) in [7, 11) is -8.32. The van der Waals surface area contributed by atoms with E-state index in [0.29, 0.717) is 21.4 Å². The first kappa shape index (κ1) is 30.4. The number of nitrogens with zero attached hydrogens (tertiary/aromatic N) is 1. The maximum absolute atomic E-state index is 14.8. The lowest BCUT2D eigenvalue weighted by atomic mass is 9.90. The molecule has 5 rings (SSSR count). The number of hydrogen-bond donors (Lipinski definition) is 3. The van der Waals surface area contributed by atoms with E-state index in [1.807, 2.05) is 4.72 Å². The van der Waals surface area contributed by atoms with Crippen molar-refractivity contribution in [3.63, 3.8) is 0 Å². The van der Waals surface area contributed by atoms with Gasteiger partial charge < -0.3 is 9.88 Å². The van der Waals surface area contributed by atoms with E-state index in [1.165, 1.54) is 35.0 Å². The zero-order valence-corrected chi connectivity index (χ0v) is 25.5. The van der Waals surface area contributed by atoms with E-state index in [9.17, 15) is 35.2 Å². The highest BCUT2D eigenvalue weighted by atomic mass is 79.9. The summed E-state index contributed by atoms with van der Waals surface area (Å²) >= 11 is 3.40. The molecule has 1 aliphatic rings. The van der Waals surface area contributed by atoms with Gasteiger partial charge in [-0.15, -0.1) is 0 Å². The van der Waals surface area contributed by atoms with E-state index in [4.69, 9.17) is 0 Å². The Morgan fingerprint density at radius 1 is 1.07 bits per heavy atom. The Hall–Kier alpha value is -4.08. The van der Waals surface area contributed by atoms with Gasteiger partial charge in [-0.05, 0) is 55.1 Å². The number of sulfonamides is 2. The van der Waals surface area contributed by atoms with Gasteiger partial charge in [-0.3, -0.25) is 14.3 Å². The molecule has 0 radical (unpaired) electrons. The molecule has 1 aromatic heterocycles. The molecule has 10 nitrogen and oxygen atoms in total. The van der Waals surface area contributed by atoms with Crippen LogP contribution in [-0.2, 0) is 31.4 Å². The van der Waals surface area contributed by atoms with Gasteiger partial charge in [0.25, 0.3) is 15.9 Å². The fourth-order valence-electron chi connectivity index (χ4n) is 4.91. The summed E-state index contributed by atoms with van der Waals surface area (Å²) in [6.07, 6.45) is 4.24. The van der Waals surface area contributed by atoms with Crippen molar-refractivity contribution < 1.29 is 35.2 Å². The summed E-state index contributed by atoms with van der Waals surface area (Å²) in [4.78, 5) is 26.6. The molecular weight excluding hydrogens is 670 g/mol. The number of halogens is 3. The van der Waals surface area contributed by atoms with E-state index >= 15 is 0 Å². The van der Waals surface area contributed by atoms with Crippen molar-refractivity contribution in [2.75, 3.05) is 11.0 Å². The molecule has 43 heavy (non-hydrogen) atoms. The quantitative estimate of drug-likeness (QED) is 0.251. The average Bonchev–Trinajstić information content (AvgIpc) is 3.22. The number of carbonyl (C=O) groups is 2. The van der Waals surface area contributed by atoms with Gasteiger partial charge in [0.2, 0.25) is 15.9 Å². The van der Waals surface area contributed by atoms with Crippen molar-refractivity contribution in [3.8, 4) is 0 Å². The highest BCUT2D eigenvalue weighted by Crippen LogP contribution is 2.38. The third-order valence-electron chi connectivity index (χ3n) is 6.68. The van der Waals surface area contributed by atoms with Crippen LogP contribution in [0.15, 0.2) is 82.3 Å². The maximum atomic E-state index is 14.8. The number of rotatable bonds is 8. The van der Waals surface area contributed by atoms with Gasteiger partial charge in [0.15, 0.2) is 0 Å². The average molecular weight is 694 g/mol. The van der Waals surface area contributed by atoms with Crippen LogP contribution in [-0.4, -0.2) is 39.5 Å². The maximum Gasteiger partial charge on any atom is 0.281 e. The molecule has 2 amide bonds. The molecule has 1 aliphatic heterocycles. The van der Waals surface area contributed by atoms with Gasteiger partial charge >= 0.3 is 0 Å². The van der Waals surface area contributed by atoms with Crippen molar-refractivity contribution in [2.45, 2.75) is 23.8 Å². The van der Waals surface area contributed by atoms with Crippen LogP contribution in [0.4, 0.5) is 14.5 Å². The molecule has 2 heterocycles. The molecule has 1 unspecified atom stereocenters. The molecule has 0 fully saturated rings. The molecule has 0 bridgehead atoms. The molecule has 3 N–H and O–H groups in total. The van der Waals surface area contributed by atoms with Gasteiger partial charge in [0.05, 0.1) is 23.6 Å². The van der Waals surface area contributed by atoms with Crippen LogP contribution in [0.1, 0.15) is 34.0 Å². The molecule has 4 aromatic rings. The number of aromatic nitrogens is 1. The van der Waals surface area contributed by atoms with Crippen molar-refractivity contribution >= 4 is 64.4 Å². The summed E-state index contributed by atoms with van der Waals surface area (Å²) in [5.41, 5.74) is 0.348. The molecule has 0 saturated carbocycles. The first-order valence-electron chi connectivity index (χ1n) is 12.6. The zero-order valence-electron chi connectivity index (χ0n) is 22.3.